The number of ether oxygens (including phenoxy) is 1. The molecule has 1 unspecified atom stereocenters. The van der Waals surface area contributed by atoms with Crippen LogP contribution in [0.2, 0.25) is 0 Å². The van der Waals surface area contributed by atoms with Crippen molar-refractivity contribution >= 4 is 23.2 Å². The number of likely N-dealkylation sites (tertiary alicyclic amines) is 1. The van der Waals surface area contributed by atoms with Gasteiger partial charge in [0, 0.05) is 13.7 Å². The first-order chi connectivity index (χ1) is 11.2. The smallest absolute Gasteiger partial charge is 0.244 e. The number of nitrogens with zero attached hydrogens (tertiary/aromatic N) is 2. The van der Waals surface area contributed by atoms with Crippen LogP contribution in [0.1, 0.15) is 12.8 Å². The summed E-state index contributed by atoms with van der Waals surface area (Å²) in [7, 11) is 1.72. The molecule has 0 bridgehead atoms. The summed E-state index contributed by atoms with van der Waals surface area (Å²) in [6.07, 6.45) is 2.23. The lowest BCUT2D eigenvalue weighted by Gasteiger charge is -2.35. The third-order valence-electron chi connectivity index (χ3n) is 4.44. The van der Waals surface area contributed by atoms with Crippen molar-refractivity contribution in [3.63, 3.8) is 0 Å². The van der Waals surface area contributed by atoms with Gasteiger partial charge in [0.15, 0.2) is 0 Å². The third-order valence-corrected chi connectivity index (χ3v) is 4.44. The minimum Gasteiger partial charge on any atom is -0.384 e. The van der Waals surface area contributed by atoms with Crippen LogP contribution in [0.15, 0.2) is 24.3 Å². The van der Waals surface area contributed by atoms with Gasteiger partial charge in [-0.25, -0.2) is 0 Å². The molecule has 1 atom stereocenters. The first-order valence-corrected chi connectivity index (χ1v) is 8.08. The molecule has 2 aliphatic rings. The predicted molar refractivity (Wildman–Crippen MR) is 88.5 cm³/mol. The lowest BCUT2D eigenvalue weighted by Crippen LogP contribution is -2.48. The van der Waals surface area contributed by atoms with Crippen LogP contribution in [0.3, 0.4) is 0 Å². The van der Waals surface area contributed by atoms with Crippen molar-refractivity contribution in [1.29, 1.82) is 0 Å². The quantitative estimate of drug-likeness (QED) is 0.910. The van der Waals surface area contributed by atoms with E-state index in [0.29, 0.717) is 18.2 Å². The number of rotatable bonds is 4. The first kappa shape index (κ1) is 16.0. The van der Waals surface area contributed by atoms with Gasteiger partial charge in [0.2, 0.25) is 11.8 Å². The van der Waals surface area contributed by atoms with Crippen molar-refractivity contribution in [2.24, 2.45) is 5.92 Å². The van der Waals surface area contributed by atoms with Gasteiger partial charge >= 0.3 is 0 Å². The van der Waals surface area contributed by atoms with Crippen LogP contribution in [0, 0.1) is 5.92 Å². The van der Waals surface area contributed by atoms with E-state index < -0.39 is 0 Å². The lowest BCUT2D eigenvalue weighted by atomic mass is 9.99. The fourth-order valence-corrected chi connectivity index (χ4v) is 3.40. The molecule has 0 aromatic heterocycles. The van der Waals surface area contributed by atoms with E-state index >= 15 is 0 Å². The number of piperidine rings is 1. The number of benzene rings is 1. The van der Waals surface area contributed by atoms with E-state index in [1.807, 2.05) is 24.3 Å². The zero-order valence-electron chi connectivity index (χ0n) is 13.5. The van der Waals surface area contributed by atoms with E-state index in [2.05, 4.69) is 10.2 Å². The van der Waals surface area contributed by atoms with Crippen LogP contribution in [0.4, 0.5) is 11.4 Å². The van der Waals surface area contributed by atoms with Gasteiger partial charge in [-0.3, -0.25) is 19.4 Å². The monoisotopic (exact) mass is 317 g/mol. The standard InChI is InChI=1S/C17H23N3O3/c1-23-12-13-5-4-8-19(9-13)11-17(22)20-10-16(21)18-14-6-2-3-7-15(14)20/h2-3,6-7,13H,4-5,8-12H2,1H3,(H,18,21). The van der Waals surface area contributed by atoms with Crippen molar-refractivity contribution in [3.8, 4) is 0 Å². The molecule has 0 aliphatic carbocycles. The molecule has 0 saturated carbocycles. The molecular formula is C17H23N3O3. The summed E-state index contributed by atoms with van der Waals surface area (Å²) < 4.78 is 5.24. The van der Waals surface area contributed by atoms with E-state index in [9.17, 15) is 9.59 Å². The zero-order valence-corrected chi connectivity index (χ0v) is 13.5. The van der Waals surface area contributed by atoms with E-state index in [-0.39, 0.29) is 18.4 Å². The highest BCUT2D eigenvalue weighted by atomic mass is 16.5. The van der Waals surface area contributed by atoms with Gasteiger partial charge in [-0.1, -0.05) is 12.1 Å². The number of nitrogens with one attached hydrogen (secondary N) is 1. The molecule has 124 valence electrons. The van der Waals surface area contributed by atoms with Crippen molar-refractivity contribution in [1.82, 2.24) is 4.90 Å². The average Bonchev–Trinajstić information content (AvgIpc) is 2.54. The molecule has 6 heteroatoms. The second-order valence-corrected chi connectivity index (χ2v) is 6.24. The molecule has 1 aromatic carbocycles. The number of carbonyl (C=O) groups excluding carboxylic acids is 2. The van der Waals surface area contributed by atoms with Crippen molar-refractivity contribution in [2.45, 2.75) is 12.8 Å². The Morgan fingerprint density at radius 3 is 3.04 bits per heavy atom. The number of hydrogen-bond acceptors (Lipinski definition) is 4. The molecule has 6 nitrogen and oxygen atoms in total. The largest absolute Gasteiger partial charge is 0.384 e. The normalized spacial score (nSPS) is 21.7. The van der Waals surface area contributed by atoms with Crippen molar-refractivity contribution in [3.05, 3.63) is 24.3 Å². The summed E-state index contributed by atoms with van der Waals surface area (Å²) in [5, 5.41) is 2.81. The van der Waals surface area contributed by atoms with Crippen molar-refractivity contribution in [2.75, 3.05) is 50.1 Å². The SMILES string of the molecule is COCC1CCCN(CC(=O)N2CC(=O)Nc3ccccc32)C1. The number of para-hydroxylation sites is 2. The first-order valence-electron chi connectivity index (χ1n) is 8.08. The Hall–Kier alpha value is -1.92. The van der Waals surface area contributed by atoms with Gasteiger partial charge in [-0.2, -0.15) is 0 Å². The number of fused-ring (bicyclic) bond motifs is 1. The summed E-state index contributed by atoms with van der Waals surface area (Å²) in [5.74, 6) is 0.316. The minimum absolute atomic E-state index is 0.0228. The van der Waals surface area contributed by atoms with Crippen LogP contribution in [-0.2, 0) is 14.3 Å². The molecule has 0 spiro atoms. The van der Waals surface area contributed by atoms with Gasteiger partial charge in [-0.05, 0) is 37.4 Å². The fourth-order valence-electron chi connectivity index (χ4n) is 3.40. The molecule has 2 aliphatic heterocycles. The molecule has 1 saturated heterocycles. The molecule has 1 aromatic rings. The Morgan fingerprint density at radius 2 is 2.22 bits per heavy atom. The molecular weight excluding hydrogens is 294 g/mol. The average molecular weight is 317 g/mol. The Labute approximate surface area is 136 Å². The van der Waals surface area contributed by atoms with Gasteiger partial charge in [0.25, 0.3) is 0 Å². The topological polar surface area (TPSA) is 61.9 Å². The van der Waals surface area contributed by atoms with Gasteiger partial charge < -0.3 is 10.1 Å². The second-order valence-electron chi connectivity index (χ2n) is 6.24. The number of methoxy groups -OCH3 is 1. The number of anilines is 2. The number of amides is 2. The number of hydrogen-bond donors (Lipinski definition) is 1. The molecule has 3 rings (SSSR count). The van der Waals surface area contributed by atoms with Crippen molar-refractivity contribution < 1.29 is 14.3 Å². The highest BCUT2D eigenvalue weighted by molar-refractivity contribution is 6.10. The van der Waals surface area contributed by atoms with Crippen LogP contribution in [-0.4, -0.2) is 56.6 Å². The maximum atomic E-state index is 12.7. The summed E-state index contributed by atoms with van der Waals surface area (Å²) in [6.45, 7) is 2.97. The lowest BCUT2D eigenvalue weighted by molar-refractivity contribution is -0.123. The van der Waals surface area contributed by atoms with Crippen LogP contribution >= 0.6 is 0 Å². The minimum atomic E-state index is -0.145. The summed E-state index contributed by atoms with van der Waals surface area (Å²) >= 11 is 0. The van der Waals surface area contributed by atoms with Crippen LogP contribution < -0.4 is 10.2 Å². The highest BCUT2D eigenvalue weighted by Gasteiger charge is 2.29. The maximum Gasteiger partial charge on any atom is 0.244 e. The number of carbonyl (C=O) groups is 2. The second kappa shape index (κ2) is 7.10. The molecule has 1 fully saturated rings. The van der Waals surface area contributed by atoms with Crippen LogP contribution in [0.25, 0.3) is 0 Å². The van der Waals surface area contributed by atoms with Crippen LogP contribution in [0.5, 0.6) is 0 Å². The fraction of sp³-hybridized carbons (Fsp3) is 0.529. The van der Waals surface area contributed by atoms with E-state index in [1.165, 1.54) is 0 Å². The Morgan fingerprint density at radius 1 is 1.39 bits per heavy atom. The summed E-state index contributed by atoms with van der Waals surface area (Å²) in [4.78, 5) is 28.3. The Bertz CT molecular complexity index is 588. The third kappa shape index (κ3) is 3.71. The van der Waals surface area contributed by atoms with Gasteiger partial charge in [-0.15, -0.1) is 0 Å². The predicted octanol–water partition coefficient (Wildman–Crippen LogP) is 1.33. The molecule has 0 radical (unpaired) electrons. The molecule has 23 heavy (non-hydrogen) atoms. The van der Waals surface area contributed by atoms with Gasteiger partial charge in [0.1, 0.15) is 6.54 Å². The summed E-state index contributed by atoms with van der Waals surface area (Å²) in [6, 6.07) is 7.43. The van der Waals surface area contributed by atoms with E-state index in [0.717, 1.165) is 38.2 Å². The molecule has 1 N–H and O–H groups in total. The Balaban J connectivity index is 1.67. The van der Waals surface area contributed by atoms with E-state index in [4.69, 9.17) is 4.74 Å². The zero-order chi connectivity index (χ0) is 16.2. The highest BCUT2D eigenvalue weighted by Crippen LogP contribution is 2.29. The Kier molecular flexibility index (Phi) is 4.93. The van der Waals surface area contributed by atoms with E-state index in [1.54, 1.807) is 12.0 Å². The maximum absolute atomic E-state index is 12.7. The van der Waals surface area contributed by atoms with Gasteiger partial charge in [0.05, 0.1) is 24.5 Å². The molecule has 2 amide bonds. The molecule has 2 heterocycles. The summed E-state index contributed by atoms with van der Waals surface area (Å²) in [5.41, 5.74) is 1.48.